The molecule has 0 atom stereocenters. The number of carbonyl (C=O) groups excluding carboxylic acids is 1. The monoisotopic (exact) mass is 206 g/mol. The topological polar surface area (TPSA) is 26.3 Å². The average molecular weight is 206 g/mol. The molecule has 0 saturated carbocycles. The zero-order valence-corrected chi connectivity index (χ0v) is 9.24. The highest BCUT2D eigenvalue weighted by atomic mass is 16.5. The Bertz CT molecular complexity index is 280. The fraction of sp³-hybridized carbons (Fsp3) is 0.462. The first kappa shape index (κ1) is 11.8. The molecule has 1 aromatic carbocycles. The lowest BCUT2D eigenvalue weighted by molar-refractivity contribution is -0.119. The van der Waals surface area contributed by atoms with Gasteiger partial charge >= 0.3 is 0 Å². The number of rotatable bonds is 7. The molecule has 0 spiro atoms. The number of Topliss-reactive ketones (excluding diaryl/α,β-unsaturated/α-hetero) is 1. The minimum Gasteiger partial charge on any atom is -0.494 e. The highest BCUT2D eigenvalue weighted by Crippen LogP contribution is 2.09. The number of hydrogen-bond acceptors (Lipinski definition) is 2. The van der Waals surface area contributed by atoms with Crippen molar-refractivity contribution in [2.45, 2.75) is 32.6 Å². The first-order valence-electron chi connectivity index (χ1n) is 5.52. The van der Waals surface area contributed by atoms with Crippen LogP contribution < -0.4 is 4.74 Å². The van der Waals surface area contributed by atoms with Gasteiger partial charge in [0.05, 0.1) is 6.61 Å². The minimum atomic E-state index is 0.342. The number of ether oxygens (including phenoxy) is 1. The van der Waals surface area contributed by atoms with Gasteiger partial charge < -0.3 is 4.74 Å². The predicted molar refractivity (Wildman–Crippen MR) is 61.1 cm³/mol. The second-order valence-corrected chi connectivity index (χ2v) is 3.55. The third-order valence-corrected chi connectivity index (χ3v) is 2.14. The van der Waals surface area contributed by atoms with E-state index in [1.54, 1.807) is 0 Å². The Hall–Kier alpha value is -1.31. The molecule has 1 aromatic rings. The third kappa shape index (κ3) is 5.21. The fourth-order valence-electron chi connectivity index (χ4n) is 1.38. The van der Waals surface area contributed by atoms with Gasteiger partial charge in [-0.05, 0) is 25.0 Å². The lowest BCUT2D eigenvalue weighted by Gasteiger charge is -2.04. The molecule has 0 aliphatic carbocycles. The van der Waals surface area contributed by atoms with Crippen LogP contribution in [0.3, 0.4) is 0 Å². The number of para-hydroxylation sites is 1. The van der Waals surface area contributed by atoms with Crippen molar-refractivity contribution in [1.82, 2.24) is 0 Å². The van der Waals surface area contributed by atoms with Crippen molar-refractivity contribution in [3.63, 3.8) is 0 Å². The zero-order valence-electron chi connectivity index (χ0n) is 9.24. The second kappa shape index (κ2) is 7.04. The van der Waals surface area contributed by atoms with Gasteiger partial charge in [-0.2, -0.15) is 0 Å². The van der Waals surface area contributed by atoms with E-state index in [-0.39, 0.29) is 0 Å². The van der Waals surface area contributed by atoms with E-state index in [9.17, 15) is 4.79 Å². The third-order valence-electron chi connectivity index (χ3n) is 2.14. The van der Waals surface area contributed by atoms with Gasteiger partial charge in [-0.3, -0.25) is 4.79 Å². The largest absolute Gasteiger partial charge is 0.494 e. The Morgan fingerprint density at radius 3 is 2.60 bits per heavy atom. The Kier molecular flexibility index (Phi) is 5.52. The molecular formula is C13H18O2. The molecule has 0 heterocycles. The quantitative estimate of drug-likeness (QED) is 0.640. The van der Waals surface area contributed by atoms with Crippen LogP contribution in [0.4, 0.5) is 0 Å². The van der Waals surface area contributed by atoms with Crippen LogP contribution in [0.2, 0.25) is 0 Å². The molecule has 2 nitrogen and oxygen atoms in total. The lowest BCUT2D eigenvalue weighted by atomic mass is 10.1. The molecule has 0 bridgehead atoms. The van der Waals surface area contributed by atoms with Crippen molar-refractivity contribution in [3.05, 3.63) is 30.3 Å². The predicted octanol–water partition coefficient (Wildman–Crippen LogP) is 3.21. The molecule has 2 heteroatoms. The van der Waals surface area contributed by atoms with Crippen LogP contribution in [0.15, 0.2) is 30.3 Å². The van der Waals surface area contributed by atoms with E-state index >= 15 is 0 Å². The molecule has 0 aliphatic rings. The van der Waals surface area contributed by atoms with Gasteiger partial charge in [0.2, 0.25) is 0 Å². The summed E-state index contributed by atoms with van der Waals surface area (Å²) in [5, 5.41) is 0. The van der Waals surface area contributed by atoms with Crippen LogP contribution in [-0.2, 0) is 4.79 Å². The van der Waals surface area contributed by atoms with Crippen LogP contribution in [-0.4, -0.2) is 12.4 Å². The van der Waals surface area contributed by atoms with Crippen molar-refractivity contribution in [1.29, 1.82) is 0 Å². The summed E-state index contributed by atoms with van der Waals surface area (Å²) in [4.78, 5) is 11.2. The molecule has 0 aliphatic heterocycles. The van der Waals surface area contributed by atoms with Crippen molar-refractivity contribution >= 4 is 5.78 Å². The molecule has 15 heavy (non-hydrogen) atoms. The highest BCUT2D eigenvalue weighted by Gasteiger charge is 1.99. The smallest absolute Gasteiger partial charge is 0.133 e. The molecule has 0 amide bonds. The Balaban J connectivity index is 2.10. The molecular weight excluding hydrogens is 188 g/mol. The van der Waals surface area contributed by atoms with Gasteiger partial charge in [0.25, 0.3) is 0 Å². The molecule has 0 N–H and O–H groups in total. The van der Waals surface area contributed by atoms with Crippen LogP contribution in [0.1, 0.15) is 32.6 Å². The molecule has 1 rings (SSSR count). The van der Waals surface area contributed by atoms with E-state index in [0.717, 1.165) is 18.6 Å². The number of benzene rings is 1. The Morgan fingerprint density at radius 1 is 1.20 bits per heavy atom. The van der Waals surface area contributed by atoms with Crippen LogP contribution >= 0.6 is 0 Å². The molecule has 0 unspecified atom stereocenters. The summed E-state index contributed by atoms with van der Waals surface area (Å²) < 4.78 is 5.48. The first-order chi connectivity index (χ1) is 7.33. The number of carbonyl (C=O) groups is 1. The van der Waals surface area contributed by atoms with Gasteiger partial charge in [0.1, 0.15) is 11.5 Å². The van der Waals surface area contributed by atoms with E-state index in [4.69, 9.17) is 4.74 Å². The van der Waals surface area contributed by atoms with Crippen molar-refractivity contribution in [2.24, 2.45) is 0 Å². The second-order valence-electron chi connectivity index (χ2n) is 3.55. The lowest BCUT2D eigenvalue weighted by Crippen LogP contribution is -2.02. The van der Waals surface area contributed by atoms with Crippen molar-refractivity contribution in [3.8, 4) is 5.75 Å². The van der Waals surface area contributed by atoms with E-state index in [1.165, 1.54) is 0 Å². The summed E-state index contributed by atoms with van der Waals surface area (Å²) in [6.45, 7) is 2.65. The van der Waals surface area contributed by atoms with Gasteiger partial charge in [-0.1, -0.05) is 25.1 Å². The average Bonchev–Trinajstić information content (AvgIpc) is 2.26. The van der Waals surface area contributed by atoms with Crippen molar-refractivity contribution in [2.75, 3.05) is 6.61 Å². The summed E-state index contributed by atoms with van der Waals surface area (Å²) in [5.41, 5.74) is 0. The summed E-state index contributed by atoms with van der Waals surface area (Å²) >= 11 is 0. The fourth-order valence-corrected chi connectivity index (χ4v) is 1.38. The first-order valence-corrected chi connectivity index (χ1v) is 5.52. The van der Waals surface area contributed by atoms with E-state index in [0.29, 0.717) is 25.2 Å². The van der Waals surface area contributed by atoms with E-state index in [2.05, 4.69) is 0 Å². The molecule has 0 radical (unpaired) electrons. The van der Waals surface area contributed by atoms with Gasteiger partial charge in [-0.15, -0.1) is 0 Å². The van der Waals surface area contributed by atoms with Crippen LogP contribution in [0, 0.1) is 0 Å². The molecule has 0 aromatic heterocycles. The number of hydrogen-bond donors (Lipinski definition) is 0. The summed E-state index contributed by atoms with van der Waals surface area (Å²) in [6.07, 6.45) is 3.10. The molecule has 0 fully saturated rings. The maximum absolute atomic E-state index is 11.2. The molecule has 82 valence electrons. The maximum atomic E-state index is 11.2. The summed E-state index contributed by atoms with van der Waals surface area (Å²) in [6, 6.07) is 9.69. The molecule has 0 saturated heterocycles. The summed E-state index contributed by atoms with van der Waals surface area (Å²) in [7, 11) is 0. The van der Waals surface area contributed by atoms with Crippen molar-refractivity contribution < 1.29 is 9.53 Å². The standard InChI is InChI=1S/C13H18O2/c1-2-7-12(14)8-6-11-15-13-9-4-3-5-10-13/h3-5,9-10H,2,6-8,11H2,1H3. The Labute approximate surface area is 91.3 Å². The maximum Gasteiger partial charge on any atom is 0.133 e. The SMILES string of the molecule is CCCC(=O)CCCOc1ccccc1. The highest BCUT2D eigenvalue weighted by molar-refractivity contribution is 5.78. The van der Waals surface area contributed by atoms with E-state index < -0.39 is 0 Å². The summed E-state index contributed by atoms with van der Waals surface area (Å²) in [5.74, 6) is 1.22. The Morgan fingerprint density at radius 2 is 1.93 bits per heavy atom. The van der Waals surface area contributed by atoms with Crippen LogP contribution in [0.25, 0.3) is 0 Å². The van der Waals surface area contributed by atoms with Gasteiger partial charge in [0.15, 0.2) is 0 Å². The zero-order chi connectivity index (χ0) is 10.9. The van der Waals surface area contributed by atoms with Gasteiger partial charge in [-0.25, -0.2) is 0 Å². The van der Waals surface area contributed by atoms with E-state index in [1.807, 2.05) is 37.3 Å². The minimum absolute atomic E-state index is 0.342. The normalized spacial score (nSPS) is 9.93. The number of ketones is 1. The van der Waals surface area contributed by atoms with Crippen LogP contribution in [0.5, 0.6) is 5.75 Å². The van der Waals surface area contributed by atoms with Gasteiger partial charge in [0, 0.05) is 12.8 Å².